The van der Waals surface area contributed by atoms with Gasteiger partial charge in [-0.25, -0.2) is 0 Å². The van der Waals surface area contributed by atoms with Crippen LogP contribution >= 0.6 is 11.8 Å². The van der Waals surface area contributed by atoms with Crippen molar-refractivity contribution in [1.29, 1.82) is 0 Å². The monoisotopic (exact) mass is 231 g/mol. The van der Waals surface area contributed by atoms with Crippen LogP contribution < -0.4 is 0 Å². The van der Waals surface area contributed by atoms with Gasteiger partial charge in [-0.05, 0) is 26.7 Å². The van der Waals surface area contributed by atoms with E-state index in [0.29, 0.717) is 6.42 Å². The molecule has 1 rings (SSSR count). The van der Waals surface area contributed by atoms with Gasteiger partial charge in [0.25, 0.3) is 0 Å². The molecule has 4 heteroatoms. The van der Waals surface area contributed by atoms with E-state index >= 15 is 0 Å². The Kier molecular flexibility index (Phi) is 4.93. The number of amides is 1. The van der Waals surface area contributed by atoms with Crippen LogP contribution in [0.4, 0.5) is 0 Å². The average molecular weight is 231 g/mol. The minimum absolute atomic E-state index is 0.189. The normalized spacial score (nSPS) is 20.3. The molecule has 0 saturated carbocycles. The third kappa shape index (κ3) is 4.43. The van der Waals surface area contributed by atoms with E-state index in [2.05, 4.69) is 13.8 Å². The van der Waals surface area contributed by atoms with Crippen LogP contribution in [0.15, 0.2) is 0 Å². The molecule has 0 atom stereocenters. The second-order valence-corrected chi connectivity index (χ2v) is 6.41. The number of hydrogen-bond acceptors (Lipinski definition) is 3. The summed E-state index contributed by atoms with van der Waals surface area (Å²) in [4.78, 5) is 13.8. The predicted molar refractivity (Wildman–Crippen MR) is 64.1 cm³/mol. The van der Waals surface area contributed by atoms with E-state index in [4.69, 9.17) is 5.11 Å². The second kappa shape index (κ2) is 5.75. The number of unbranched alkanes of at least 4 members (excludes halogenated alkanes) is 1. The van der Waals surface area contributed by atoms with Gasteiger partial charge in [0.1, 0.15) is 0 Å². The molecule has 0 aliphatic carbocycles. The van der Waals surface area contributed by atoms with Crippen LogP contribution in [-0.2, 0) is 4.79 Å². The number of rotatable bonds is 4. The van der Waals surface area contributed by atoms with Gasteiger partial charge in [0.15, 0.2) is 0 Å². The SMILES string of the molecule is CC1(C)CN(C(=O)CCCCO)CCS1. The molecule has 3 nitrogen and oxygen atoms in total. The lowest BCUT2D eigenvalue weighted by atomic mass is 10.1. The second-order valence-electron chi connectivity index (χ2n) is 4.60. The summed E-state index contributed by atoms with van der Waals surface area (Å²) in [7, 11) is 0. The van der Waals surface area contributed by atoms with Crippen LogP contribution in [0.2, 0.25) is 0 Å². The molecule has 0 unspecified atom stereocenters. The highest BCUT2D eigenvalue weighted by Crippen LogP contribution is 2.29. The first-order chi connectivity index (χ1) is 7.05. The van der Waals surface area contributed by atoms with Crippen LogP contribution in [0.3, 0.4) is 0 Å². The molecule has 1 heterocycles. The number of hydrogen-bond donors (Lipinski definition) is 1. The van der Waals surface area contributed by atoms with Crippen LogP contribution in [0.5, 0.6) is 0 Å². The van der Waals surface area contributed by atoms with Crippen molar-refractivity contribution in [2.75, 3.05) is 25.4 Å². The molecule has 1 aliphatic heterocycles. The van der Waals surface area contributed by atoms with Gasteiger partial charge >= 0.3 is 0 Å². The number of aliphatic hydroxyl groups excluding tert-OH is 1. The fourth-order valence-electron chi connectivity index (χ4n) is 1.78. The van der Waals surface area contributed by atoms with Gasteiger partial charge in [-0.15, -0.1) is 0 Å². The highest BCUT2D eigenvalue weighted by molar-refractivity contribution is 8.00. The van der Waals surface area contributed by atoms with E-state index in [1.807, 2.05) is 16.7 Å². The fraction of sp³-hybridized carbons (Fsp3) is 0.909. The van der Waals surface area contributed by atoms with Gasteiger partial charge in [0.05, 0.1) is 0 Å². The Morgan fingerprint density at radius 1 is 1.47 bits per heavy atom. The van der Waals surface area contributed by atoms with Crippen molar-refractivity contribution in [3.05, 3.63) is 0 Å². The van der Waals surface area contributed by atoms with E-state index in [0.717, 1.165) is 31.7 Å². The van der Waals surface area contributed by atoms with E-state index in [1.54, 1.807) is 0 Å². The zero-order valence-corrected chi connectivity index (χ0v) is 10.5. The van der Waals surface area contributed by atoms with Crippen molar-refractivity contribution in [1.82, 2.24) is 4.90 Å². The molecule has 0 radical (unpaired) electrons. The lowest BCUT2D eigenvalue weighted by molar-refractivity contribution is -0.131. The van der Waals surface area contributed by atoms with Gasteiger partial charge in [0.2, 0.25) is 5.91 Å². The molecular weight excluding hydrogens is 210 g/mol. The minimum Gasteiger partial charge on any atom is -0.396 e. The van der Waals surface area contributed by atoms with Crippen molar-refractivity contribution in [3.8, 4) is 0 Å². The summed E-state index contributed by atoms with van der Waals surface area (Å²) < 4.78 is 0.199. The zero-order chi connectivity index (χ0) is 11.3. The first-order valence-corrected chi connectivity index (χ1v) is 6.56. The first-order valence-electron chi connectivity index (χ1n) is 5.58. The smallest absolute Gasteiger partial charge is 0.222 e. The summed E-state index contributed by atoms with van der Waals surface area (Å²) in [5.74, 6) is 1.29. The Labute approximate surface area is 96.2 Å². The molecule has 0 aromatic heterocycles. The maximum atomic E-state index is 11.8. The molecule has 88 valence electrons. The molecule has 0 bridgehead atoms. The number of thioether (sulfide) groups is 1. The predicted octanol–water partition coefficient (Wildman–Crippen LogP) is 1.50. The molecule has 1 fully saturated rings. The summed E-state index contributed by atoms with van der Waals surface area (Å²) in [6, 6.07) is 0. The van der Waals surface area contributed by atoms with Crippen LogP contribution in [0, 0.1) is 0 Å². The Hall–Kier alpha value is -0.220. The molecular formula is C11H21NO2S. The third-order valence-corrected chi connectivity index (χ3v) is 3.87. The van der Waals surface area contributed by atoms with Crippen molar-refractivity contribution in [2.24, 2.45) is 0 Å². The molecule has 1 amide bonds. The summed E-state index contributed by atoms with van der Waals surface area (Å²) in [5, 5.41) is 8.64. The van der Waals surface area contributed by atoms with E-state index in [-0.39, 0.29) is 17.3 Å². The van der Waals surface area contributed by atoms with E-state index in [9.17, 15) is 4.79 Å². The van der Waals surface area contributed by atoms with Crippen molar-refractivity contribution in [3.63, 3.8) is 0 Å². The minimum atomic E-state index is 0.189. The summed E-state index contributed by atoms with van der Waals surface area (Å²) in [5.41, 5.74) is 0. The Morgan fingerprint density at radius 2 is 2.20 bits per heavy atom. The summed E-state index contributed by atoms with van der Waals surface area (Å²) >= 11 is 1.94. The highest BCUT2D eigenvalue weighted by Gasteiger charge is 2.29. The van der Waals surface area contributed by atoms with Gasteiger partial charge in [0, 0.05) is 36.6 Å². The molecule has 1 saturated heterocycles. The van der Waals surface area contributed by atoms with Crippen LogP contribution in [0.1, 0.15) is 33.1 Å². The molecule has 0 spiro atoms. The zero-order valence-electron chi connectivity index (χ0n) is 9.66. The Morgan fingerprint density at radius 3 is 2.80 bits per heavy atom. The topological polar surface area (TPSA) is 40.5 Å². The molecule has 1 aliphatic rings. The summed E-state index contributed by atoms with van der Waals surface area (Å²) in [6.45, 7) is 6.30. The van der Waals surface area contributed by atoms with Crippen molar-refractivity contribution in [2.45, 2.75) is 37.9 Å². The maximum Gasteiger partial charge on any atom is 0.222 e. The number of carbonyl (C=O) groups is 1. The number of nitrogens with zero attached hydrogens (tertiary/aromatic N) is 1. The van der Waals surface area contributed by atoms with Gasteiger partial charge < -0.3 is 10.0 Å². The van der Waals surface area contributed by atoms with Crippen molar-refractivity contribution >= 4 is 17.7 Å². The molecule has 15 heavy (non-hydrogen) atoms. The Bertz CT molecular complexity index is 219. The van der Waals surface area contributed by atoms with Gasteiger partial charge in [-0.1, -0.05) is 0 Å². The van der Waals surface area contributed by atoms with Crippen LogP contribution in [0.25, 0.3) is 0 Å². The van der Waals surface area contributed by atoms with Crippen molar-refractivity contribution < 1.29 is 9.90 Å². The standard InChI is InChI=1S/C11H21NO2S/c1-11(2)9-12(6-8-15-11)10(14)5-3-4-7-13/h13H,3-9H2,1-2H3. The van der Waals surface area contributed by atoms with Gasteiger partial charge in [-0.3, -0.25) is 4.79 Å². The quantitative estimate of drug-likeness (QED) is 0.746. The third-order valence-electron chi connectivity index (χ3n) is 2.58. The van der Waals surface area contributed by atoms with Crippen LogP contribution in [-0.4, -0.2) is 46.1 Å². The molecule has 0 aromatic rings. The first kappa shape index (κ1) is 12.8. The number of carbonyl (C=O) groups excluding carboxylic acids is 1. The largest absolute Gasteiger partial charge is 0.396 e. The Balaban J connectivity index is 2.32. The molecule has 1 N–H and O–H groups in total. The average Bonchev–Trinajstić information content (AvgIpc) is 2.16. The highest BCUT2D eigenvalue weighted by atomic mass is 32.2. The van der Waals surface area contributed by atoms with E-state index in [1.165, 1.54) is 0 Å². The van der Waals surface area contributed by atoms with Gasteiger partial charge in [-0.2, -0.15) is 11.8 Å². The van der Waals surface area contributed by atoms with E-state index < -0.39 is 0 Å². The lowest BCUT2D eigenvalue weighted by Gasteiger charge is -2.37. The lowest BCUT2D eigenvalue weighted by Crippen LogP contribution is -2.46. The maximum absolute atomic E-state index is 11.8. The fourth-order valence-corrected chi connectivity index (χ4v) is 2.89. The summed E-state index contributed by atoms with van der Waals surface area (Å²) in [6.07, 6.45) is 2.12. The molecule has 0 aromatic carbocycles. The number of aliphatic hydroxyl groups is 1.